The van der Waals surface area contributed by atoms with E-state index >= 15 is 0 Å². The number of thioether (sulfide) groups is 1. The Balaban J connectivity index is 1.62. The van der Waals surface area contributed by atoms with Crippen LogP contribution in [0.2, 0.25) is 0 Å². The van der Waals surface area contributed by atoms with Crippen LogP contribution in [0.15, 0.2) is 33.9 Å². The Morgan fingerprint density at radius 3 is 2.68 bits per heavy atom. The lowest BCUT2D eigenvalue weighted by Gasteiger charge is -2.11. The van der Waals surface area contributed by atoms with Crippen LogP contribution in [0, 0.1) is 0 Å². The first-order valence-corrected chi connectivity index (χ1v) is 8.84. The zero-order chi connectivity index (χ0) is 15.7. The van der Waals surface area contributed by atoms with Gasteiger partial charge in [-0.1, -0.05) is 27.7 Å². The molecule has 22 heavy (non-hydrogen) atoms. The first-order chi connectivity index (χ1) is 10.5. The summed E-state index contributed by atoms with van der Waals surface area (Å²) in [6.07, 6.45) is 2.38. The molecule has 3 rings (SSSR count). The van der Waals surface area contributed by atoms with E-state index in [1.807, 2.05) is 42.8 Å². The van der Waals surface area contributed by atoms with Crippen LogP contribution in [0.4, 0.5) is 5.69 Å². The van der Waals surface area contributed by atoms with E-state index in [1.165, 1.54) is 24.6 Å². The second kappa shape index (κ2) is 6.42. The number of rotatable bonds is 5. The first-order valence-electron chi connectivity index (χ1n) is 7.17. The summed E-state index contributed by atoms with van der Waals surface area (Å²) in [5, 5.41) is 11.9. The van der Waals surface area contributed by atoms with Crippen LogP contribution in [0.3, 0.4) is 0 Å². The summed E-state index contributed by atoms with van der Waals surface area (Å²) in [4.78, 5) is 12.3. The van der Waals surface area contributed by atoms with E-state index in [-0.39, 0.29) is 11.2 Å². The summed E-state index contributed by atoms with van der Waals surface area (Å²) in [5.74, 6) is 1.55. The standard InChI is InChI=1S/C15H17BrN4OS/c1-9(14(21)17-12-7-5-11(16)6-8-12)22-15-19-18-13(20(15)2)10-3-4-10/h5-10H,3-4H2,1-2H3,(H,17,21)/t9-/m1/s1. The molecule has 1 atom stereocenters. The lowest BCUT2D eigenvalue weighted by atomic mass is 10.3. The van der Waals surface area contributed by atoms with Gasteiger partial charge in [0.05, 0.1) is 5.25 Å². The lowest BCUT2D eigenvalue weighted by Crippen LogP contribution is -2.22. The molecule has 1 aliphatic carbocycles. The molecule has 0 radical (unpaired) electrons. The molecule has 1 fully saturated rings. The van der Waals surface area contributed by atoms with Crippen LogP contribution < -0.4 is 5.32 Å². The maximum Gasteiger partial charge on any atom is 0.237 e. The minimum atomic E-state index is -0.237. The van der Waals surface area contributed by atoms with Crippen molar-refractivity contribution in [3.63, 3.8) is 0 Å². The van der Waals surface area contributed by atoms with Gasteiger partial charge in [0.2, 0.25) is 5.91 Å². The summed E-state index contributed by atoms with van der Waals surface area (Å²) < 4.78 is 2.99. The lowest BCUT2D eigenvalue weighted by molar-refractivity contribution is -0.115. The van der Waals surface area contributed by atoms with E-state index in [4.69, 9.17) is 0 Å². The van der Waals surface area contributed by atoms with E-state index in [2.05, 4.69) is 31.4 Å². The second-order valence-corrected chi connectivity index (χ2v) is 7.65. The molecule has 1 aromatic heterocycles. The Hall–Kier alpha value is -1.34. The topological polar surface area (TPSA) is 59.8 Å². The van der Waals surface area contributed by atoms with E-state index in [9.17, 15) is 4.79 Å². The molecule has 0 spiro atoms. The predicted molar refractivity (Wildman–Crippen MR) is 91.1 cm³/mol. The van der Waals surface area contributed by atoms with Gasteiger partial charge < -0.3 is 9.88 Å². The fraction of sp³-hybridized carbons (Fsp3) is 0.400. The maximum atomic E-state index is 12.3. The van der Waals surface area contributed by atoms with Gasteiger partial charge in [-0.2, -0.15) is 0 Å². The van der Waals surface area contributed by atoms with Crippen molar-refractivity contribution in [1.82, 2.24) is 14.8 Å². The number of anilines is 1. The summed E-state index contributed by atoms with van der Waals surface area (Å²) in [7, 11) is 1.97. The number of carbonyl (C=O) groups is 1. The molecule has 0 bridgehead atoms. The third-order valence-corrected chi connectivity index (χ3v) is 5.24. The van der Waals surface area contributed by atoms with Crippen molar-refractivity contribution in [2.45, 2.75) is 36.1 Å². The van der Waals surface area contributed by atoms with Crippen molar-refractivity contribution in [2.24, 2.45) is 7.05 Å². The van der Waals surface area contributed by atoms with Crippen LogP contribution in [-0.4, -0.2) is 25.9 Å². The van der Waals surface area contributed by atoms with Crippen molar-refractivity contribution in [1.29, 1.82) is 0 Å². The van der Waals surface area contributed by atoms with Crippen LogP contribution in [0.1, 0.15) is 31.5 Å². The highest BCUT2D eigenvalue weighted by Gasteiger charge is 2.30. The fourth-order valence-electron chi connectivity index (χ4n) is 2.11. The number of halogens is 1. The summed E-state index contributed by atoms with van der Waals surface area (Å²) in [6.45, 7) is 1.88. The predicted octanol–water partition coefficient (Wildman–Crippen LogP) is 3.57. The minimum absolute atomic E-state index is 0.0386. The van der Waals surface area contributed by atoms with E-state index in [0.717, 1.165) is 21.1 Å². The van der Waals surface area contributed by atoms with Crippen molar-refractivity contribution >= 4 is 39.3 Å². The number of hydrogen-bond acceptors (Lipinski definition) is 4. The molecule has 7 heteroatoms. The Bertz CT molecular complexity index is 681. The average molecular weight is 381 g/mol. The maximum absolute atomic E-state index is 12.3. The van der Waals surface area contributed by atoms with Crippen LogP contribution >= 0.6 is 27.7 Å². The quantitative estimate of drug-likeness (QED) is 0.805. The number of carbonyl (C=O) groups excluding carboxylic acids is 1. The van der Waals surface area contributed by atoms with Gasteiger partial charge in [-0.15, -0.1) is 10.2 Å². The van der Waals surface area contributed by atoms with Crippen molar-refractivity contribution in [3.05, 3.63) is 34.6 Å². The number of amides is 1. The molecular weight excluding hydrogens is 364 g/mol. The molecule has 1 saturated carbocycles. The Kier molecular flexibility index (Phi) is 4.54. The molecule has 2 aromatic rings. The molecule has 116 valence electrons. The molecule has 1 amide bonds. The van der Waals surface area contributed by atoms with Crippen molar-refractivity contribution in [3.8, 4) is 0 Å². The highest BCUT2D eigenvalue weighted by atomic mass is 79.9. The second-order valence-electron chi connectivity index (χ2n) is 5.43. The van der Waals surface area contributed by atoms with Gasteiger partial charge in [0.25, 0.3) is 0 Å². The summed E-state index contributed by atoms with van der Waals surface area (Å²) in [6, 6.07) is 7.54. The van der Waals surface area contributed by atoms with Gasteiger partial charge in [0, 0.05) is 23.1 Å². The molecule has 0 aliphatic heterocycles. The number of aromatic nitrogens is 3. The number of nitrogens with zero attached hydrogens (tertiary/aromatic N) is 3. The highest BCUT2D eigenvalue weighted by molar-refractivity contribution is 9.10. The van der Waals surface area contributed by atoms with Crippen molar-refractivity contribution in [2.75, 3.05) is 5.32 Å². The van der Waals surface area contributed by atoms with Gasteiger partial charge >= 0.3 is 0 Å². The van der Waals surface area contributed by atoms with Crippen LogP contribution in [-0.2, 0) is 11.8 Å². The Morgan fingerprint density at radius 1 is 1.36 bits per heavy atom. The van der Waals surface area contributed by atoms with E-state index < -0.39 is 0 Å². The highest BCUT2D eigenvalue weighted by Crippen LogP contribution is 2.39. The van der Waals surface area contributed by atoms with Gasteiger partial charge in [0.15, 0.2) is 5.16 Å². The third-order valence-electron chi connectivity index (χ3n) is 3.57. The summed E-state index contributed by atoms with van der Waals surface area (Å²) >= 11 is 4.81. The SMILES string of the molecule is C[C@@H](Sc1nnc(C2CC2)n1C)C(=O)Nc1ccc(Br)cc1. The Morgan fingerprint density at radius 2 is 2.05 bits per heavy atom. The van der Waals surface area contributed by atoms with Gasteiger partial charge in [-0.3, -0.25) is 4.79 Å². The average Bonchev–Trinajstić information content (AvgIpc) is 3.27. The molecule has 1 aliphatic rings. The van der Waals surface area contributed by atoms with Gasteiger partial charge in [-0.25, -0.2) is 0 Å². The normalized spacial score (nSPS) is 15.6. The zero-order valence-electron chi connectivity index (χ0n) is 12.4. The molecular formula is C15H17BrN4OS. The monoisotopic (exact) mass is 380 g/mol. The number of hydrogen-bond donors (Lipinski definition) is 1. The fourth-order valence-corrected chi connectivity index (χ4v) is 3.20. The molecule has 1 heterocycles. The molecule has 5 nitrogen and oxygen atoms in total. The van der Waals surface area contributed by atoms with E-state index in [0.29, 0.717) is 5.92 Å². The summed E-state index contributed by atoms with van der Waals surface area (Å²) in [5.41, 5.74) is 0.789. The van der Waals surface area contributed by atoms with Crippen LogP contribution in [0.25, 0.3) is 0 Å². The molecule has 0 saturated heterocycles. The number of nitrogens with one attached hydrogen (secondary N) is 1. The third kappa shape index (κ3) is 3.52. The first kappa shape index (κ1) is 15.6. The largest absolute Gasteiger partial charge is 0.325 e. The number of benzene rings is 1. The zero-order valence-corrected chi connectivity index (χ0v) is 14.8. The van der Waals surface area contributed by atoms with E-state index in [1.54, 1.807) is 0 Å². The minimum Gasteiger partial charge on any atom is -0.325 e. The molecule has 1 aromatic carbocycles. The smallest absolute Gasteiger partial charge is 0.237 e. The van der Waals surface area contributed by atoms with Crippen LogP contribution in [0.5, 0.6) is 0 Å². The van der Waals surface area contributed by atoms with Gasteiger partial charge in [0.1, 0.15) is 5.82 Å². The van der Waals surface area contributed by atoms with Gasteiger partial charge in [-0.05, 0) is 44.0 Å². The molecule has 0 unspecified atom stereocenters. The van der Waals surface area contributed by atoms with Crippen molar-refractivity contribution < 1.29 is 4.79 Å². The molecule has 1 N–H and O–H groups in total. The Labute approximate surface area is 142 Å².